The van der Waals surface area contributed by atoms with Gasteiger partial charge in [0.2, 0.25) is 0 Å². The van der Waals surface area contributed by atoms with Crippen LogP contribution in [0.15, 0.2) is 97.1 Å². The lowest BCUT2D eigenvalue weighted by atomic mass is 9.97. The summed E-state index contributed by atoms with van der Waals surface area (Å²) < 4.78 is 0. The normalized spacial score (nSPS) is 10.5. The van der Waals surface area contributed by atoms with Crippen molar-refractivity contribution < 1.29 is 0 Å². The molecule has 2 radical (unpaired) electrons. The second kappa shape index (κ2) is 6.55. The summed E-state index contributed by atoms with van der Waals surface area (Å²) in [7, 11) is 0. The summed E-state index contributed by atoms with van der Waals surface area (Å²) in [6.45, 7) is 0. The second-order valence-electron chi connectivity index (χ2n) is 5.74. The van der Waals surface area contributed by atoms with Gasteiger partial charge in [-0.2, -0.15) is 0 Å². The van der Waals surface area contributed by atoms with E-state index in [0.717, 1.165) is 0 Å². The van der Waals surface area contributed by atoms with Crippen molar-refractivity contribution in [3.63, 3.8) is 0 Å². The van der Waals surface area contributed by atoms with Crippen LogP contribution in [0, 0.1) is 12.1 Å². The van der Waals surface area contributed by atoms with Gasteiger partial charge in [0.1, 0.15) is 0 Å². The lowest BCUT2D eigenvalue weighted by Gasteiger charge is -2.07. The molecule has 4 rings (SSSR count). The zero-order chi connectivity index (χ0) is 16.2. The van der Waals surface area contributed by atoms with Gasteiger partial charge in [-0.15, -0.1) is 0 Å². The van der Waals surface area contributed by atoms with Crippen molar-refractivity contribution in [2.24, 2.45) is 0 Å². The molecule has 0 aromatic heterocycles. The number of rotatable bonds is 3. The van der Waals surface area contributed by atoms with E-state index in [1.807, 2.05) is 30.3 Å². The summed E-state index contributed by atoms with van der Waals surface area (Å²) >= 11 is 0. The maximum absolute atomic E-state index is 3.14. The molecule has 0 N–H and O–H groups in total. The minimum Gasteiger partial charge on any atom is -0.0610 e. The summed E-state index contributed by atoms with van der Waals surface area (Å²) in [5.74, 6) is 0. The van der Waals surface area contributed by atoms with Crippen LogP contribution < -0.4 is 0 Å². The second-order valence-corrected chi connectivity index (χ2v) is 5.74. The predicted molar refractivity (Wildman–Crippen MR) is 100 cm³/mol. The molecule has 0 aliphatic rings. The van der Waals surface area contributed by atoms with Gasteiger partial charge >= 0.3 is 0 Å². The third-order valence-corrected chi connectivity index (χ3v) is 4.17. The van der Waals surface area contributed by atoms with Gasteiger partial charge in [0, 0.05) is 0 Å². The minimum atomic E-state index is 1.19. The monoisotopic (exact) mass is 304 g/mol. The number of hydrogen-bond donors (Lipinski definition) is 0. The van der Waals surface area contributed by atoms with Gasteiger partial charge in [0.25, 0.3) is 0 Å². The van der Waals surface area contributed by atoms with Crippen molar-refractivity contribution in [3.8, 4) is 33.4 Å². The van der Waals surface area contributed by atoms with Crippen LogP contribution in [0.4, 0.5) is 0 Å². The Bertz CT molecular complexity index is 920. The Morgan fingerprint density at radius 2 is 1.00 bits per heavy atom. The molecule has 112 valence electrons. The van der Waals surface area contributed by atoms with Crippen molar-refractivity contribution in [2.45, 2.75) is 0 Å². The highest BCUT2D eigenvalue weighted by atomic mass is 14.1. The summed E-state index contributed by atoms with van der Waals surface area (Å²) in [4.78, 5) is 0. The van der Waals surface area contributed by atoms with E-state index >= 15 is 0 Å². The van der Waals surface area contributed by atoms with Gasteiger partial charge in [0.15, 0.2) is 0 Å². The number of hydrogen-bond acceptors (Lipinski definition) is 0. The van der Waals surface area contributed by atoms with E-state index in [-0.39, 0.29) is 0 Å². The predicted octanol–water partition coefficient (Wildman–Crippen LogP) is 6.29. The van der Waals surface area contributed by atoms with Crippen LogP contribution in [0.5, 0.6) is 0 Å². The Labute approximate surface area is 143 Å². The zero-order valence-corrected chi connectivity index (χ0v) is 13.2. The summed E-state index contributed by atoms with van der Waals surface area (Å²) in [5.41, 5.74) is 7.30. The lowest BCUT2D eigenvalue weighted by molar-refractivity contribution is 1.57. The summed E-state index contributed by atoms with van der Waals surface area (Å²) in [5, 5.41) is 0. The van der Waals surface area contributed by atoms with Crippen molar-refractivity contribution >= 4 is 0 Å². The fraction of sp³-hybridized carbons (Fsp3) is 0. The molecule has 0 unspecified atom stereocenters. The van der Waals surface area contributed by atoms with Crippen LogP contribution in [0.2, 0.25) is 0 Å². The van der Waals surface area contributed by atoms with Gasteiger partial charge in [-0.25, -0.2) is 0 Å². The SMILES string of the molecule is [c]1ccc(-c2ccc(-c3cccc(-c4c[c]ccc4)c3)cc2)cc1. The number of benzene rings is 4. The quantitative estimate of drug-likeness (QED) is 0.417. The average molecular weight is 304 g/mol. The molecule has 24 heavy (non-hydrogen) atoms. The molecule has 0 heterocycles. The van der Waals surface area contributed by atoms with E-state index in [1.54, 1.807) is 0 Å². The largest absolute Gasteiger partial charge is 0.0610 e. The average Bonchev–Trinajstić information content (AvgIpc) is 2.70. The Balaban J connectivity index is 1.67. The Morgan fingerprint density at radius 3 is 1.67 bits per heavy atom. The Hall–Kier alpha value is -3.12. The molecule has 0 saturated heterocycles. The van der Waals surface area contributed by atoms with E-state index in [9.17, 15) is 0 Å². The summed E-state index contributed by atoms with van der Waals surface area (Å²) in [6.07, 6.45) is 0. The van der Waals surface area contributed by atoms with Crippen molar-refractivity contribution in [2.75, 3.05) is 0 Å². The van der Waals surface area contributed by atoms with E-state index in [2.05, 4.69) is 78.9 Å². The van der Waals surface area contributed by atoms with Crippen LogP contribution >= 0.6 is 0 Å². The molecule has 0 saturated carbocycles. The lowest BCUT2D eigenvalue weighted by Crippen LogP contribution is -1.82. The standard InChI is InChI=1S/C24H16/c1-3-8-19(9-4-1)21-14-16-22(17-15-21)24-13-7-12-23(18-24)20-10-5-2-6-11-20/h2-5,7-18H. The molecular formula is C24H16. The highest BCUT2D eigenvalue weighted by Crippen LogP contribution is 2.28. The third kappa shape index (κ3) is 3.00. The van der Waals surface area contributed by atoms with Gasteiger partial charge < -0.3 is 0 Å². The molecular weight excluding hydrogens is 288 g/mol. The molecule has 4 aromatic carbocycles. The molecule has 0 bridgehead atoms. The topological polar surface area (TPSA) is 0 Å². The fourth-order valence-corrected chi connectivity index (χ4v) is 2.89. The van der Waals surface area contributed by atoms with E-state index < -0.39 is 0 Å². The zero-order valence-electron chi connectivity index (χ0n) is 13.2. The highest BCUT2D eigenvalue weighted by molar-refractivity contribution is 5.75. The van der Waals surface area contributed by atoms with Crippen LogP contribution in [0.1, 0.15) is 0 Å². The van der Waals surface area contributed by atoms with Crippen molar-refractivity contribution in [1.82, 2.24) is 0 Å². The molecule has 0 amide bonds. The van der Waals surface area contributed by atoms with Gasteiger partial charge in [-0.1, -0.05) is 84.9 Å². The maximum Gasteiger partial charge on any atom is -0.0178 e. The Morgan fingerprint density at radius 1 is 0.417 bits per heavy atom. The first-order valence-corrected chi connectivity index (χ1v) is 8.04. The van der Waals surface area contributed by atoms with Gasteiger partial charge in [-0.05, 0) is 57.6 Å². The van der Waals surface area contributed by atoms with Gasteiger partial charge in [0.05, 0.1) is 0 Å². The minimum absolute atomic E-state index is 1.19. The van der Waals surface area contributed by atoms with Crippen LogP contribution in [0.3, 0.4) is 0 Å². The molecule has 0 aliphatic carbocycles. The van der Waals surface area contributed by atoms with Crippen molar-refractivity contribution in [1.29, 1.82) is 0 Å². The third-order valence-electron chi connectivity index (χ3n) is 4.17. The molecule has 0 fully saturated rings. The van der Waals surface area contributed by atoms with Crippen molar-refractivity contribution in [3.05, 3.63) is 109 Å². The Kier molecular flexibility index (Phi) is 3.95. The molecule has 0 heteroatoms. The highest BCUT2D eigenvalue weighted by Gasteiger charge is 2.02. The van der Waals surface area contributed by atoms with Gasteiger partial charge in [-0.3, -0.25) is 0 Å². The molecule has 0 nitrogen and oxygen atoms in total. The van der Waals surface area contributed by atoms with E-state index in [0.29, 0.717) is 0 Å². The first-order valence-electron chi connectivity index (χ1n) is 8.04. The first kappa shape index (κ1) is 14.5. The molecule has 4 aromatic rings. The molecule has 0 atom stereocenters. The first-order chi connectivity index (χ1) is 11.9. The van der Waals surface area contributed by atoms with E-state index in [1.165, 1.54) is 33.4 Å². The summed E-state index contributed by atoms with van der Waals surface area (Å²) in [6, 6.07) is 39.7. The molecule has 0 spiro atoms. The van der Waals surface area contributed by atoms with E-state index in [4.69, 9.17) is 0 Å². The van der Waals surface area contributed by atoms with Crippen LogP contribution in [-0.2, 0) is 0 Å². The fourth-order valence-electron chi connectivity index (χ4n) is 2.89. The maximum atomic E-state index is 3.14. The van der Waals surface area contributed by atoms with Crippen LogP contribution in [-0.4, -0.2) is 0 Å². The molecule has 0 aliphatic heterocycles. The van der Waals surface area contributed by atoms with Crippen LogP contribution in [0.25, 0.3) is 33.4 Å². The smallest absolute Gasteiger partial charge is 0.0178 e.